The van der Waals surface area contributed by atoms with E-state index in [1.54, 1.807) is 0 Å². The Hall–Kier alpha value is -2.74. The van der Waals surface area contributed by atoms with Gasteiger partial charge in [0, 0.05) is 0 Å². The second kappa shape index (κ2) is 5.89. The second-order valence-electron chi connectivity index (χ2n) is 7.97. The quantitative estimate of drug-likeness (QED) is 0.718. The Morgan fingerprint density at radius 2 is 1.21 bits per heavy atom. The zero-order chi connectivity index (χ0) is 19.6. The van der Waals surface area contributed by atoms with Gasteiger partial charge in [0.1, 0.15) is 11.5 Å². The van der Waals surface area contributed by atoms with Gasteiger partial charge in [-0.25, -0.2) is 0 Å². The minimum atomic E-state index is -1.08. The van der Waals surface area contributed by atoms with Crippen LogP contribution in [0.5, 0.6) is 11.5 Å². The molecular formula is C22H24N4O3+2. The van der Waals surface area contributed by atoms with E-state index in [0.29, 0.717) is 0 Å². The van der Waals surface area contributed by atoms with Crippen molar-refractivity contribution in [1.29, 1.82) is 0 Å². The molecule has 2 aromatic carbocycles. The molecule has 0 amide bonds. The van der Waals surface area contributed by atoms with E-state index in [-0.39, 0.29) is 0 Å². The summed E-state index contributed by atoms with van der Waals surface area (Å²) in [6.45, 7) is 3.27. The topological polar surface area (TPSA) is 40.2 Å². The fraction of sp³-hybridized carbons (Fsp3) is 0.364. The van der Waals surface area contributed by atoms with Crippen LogP contribution in [0, 0.1) is 0 Å². The zero-order valence-corrected chi connectivity index (χ0v) is 16.6. The van der Waals surface area contributed by atoms with Crippen molar-refractivity contribution in [3.8, 4) is 11.5 Å². The van der Waals surface area contributed by atoms with Crippen molar-refractivity contribution in [1.82, 2.24) is 9.80 Å². The first-order chi connectivity index (χ1) is 14.1. The first kappa shape index (κ1) is 17.1. The van der Waals surface area contributed by atoms with Crippen molar-refractivity contribution in [2.24, 2.45) is 0 Å². The molecule has 0 aromatic heterocycles. The fourth-order valence-electron chi connectivity index (χ4n) is 4.55. The molecule has 2 fully saturated rings. The lowest BCUT2D eigenvalue weighted by Gasteiger charge is -2.39. The van der Waals surface area contributed by atoms with Crippen molar-refractivity contribution in [3.63, 3.8) is 0 Å². The van der Waals surface area contributed by atoms with Crippen LogP contribution in [0.4, 0.5) is 0 Å². The van der Waals surface area contributed by atoms with Gasteiger partial charge in [-0.2, -0.15) is 19.0 Å². The molecule has 148 valence electrons. The number of fused-ring (bicyclic) bond motifs is 4. The maximum absolute atomic E-state index is 6.89. The molecule has 0 N–H and O–H groups in total. The molecule has 0 saturated carbocycles. The van der Waals surface area contributed by atoms with Crippen molar-refractivity contribution >= 4 is 12.4 Å². The van der Waals surface area contributed by atoms with E-state index >= 15 is 0 Å². The Morgan fingerprint density at radius 1 is 0.759 bits per heavy atom. The molecule has 7 nitrogen and oxygen atoms in total. The summed E-state index contributed by atoms with van der Waals surface area (Å²) < 4.78 is 24.2. The summed E-state index contributed by atoms with van der Waals surface area (Å²) in [5.74, 6) is 1.61. The Balaban J connectivity index is 1.47. The number of hydrogen-bond acceptors (Lipinski definition) is 5. The molecule has 29 heavy (non-hydrogen) atoms. The fourth-order valence-corrected chi connectivity index (χ4v) is 4.55. The molecule has 6 rings (SSSR count). The van der Waals surface area contributed by atoms with Gasteiger partial charge >= 0.3 is 12.1 Å². The van der Waals surface area contributed by atoms with Crippen LogP contribution in [-0.4, -0.2) is 83.7 Å². The van der Waals surface area contributed by atoms with Crippen LogP contribution in [0.1, 0.15) is 11.1 Å². The second-order valence-corrected chi connectivity index (χ2v) is 7.97. The maximum Gasteiger partial charge on any atom is 0.513 e. The summed E-state index contributed by atoms with van der Waals surface area (Å²) >= 11 is 0. The highest BCUT2D eigenvalue weighted by Gasteiger charge is 2.70. The van der Waals surface area contributed by atoms with E-state index in [1.807, 2.05) is 50.5 Å². The van der Waals surface area contributed by atoms with Gasteiger partial charge in [-0.1, -0.05) is 24.3 Å². The van der Waals surface area contributed by atoms with Gasteiger partial charge in [-0.3, -0.25) is 0 Å². The van der Waals surface area contributed by atoms with Crippen LogP contribution >= 0.6 is 0 Å². The summed E-state index contributed by atoms with van der Waals surface area (Å²) in [6.07, 6.45) is 4.25. The molecular weight excluding hydrogens is 368 g/mol. The lowest BCUT2D eigenvalue weighted by molar-refractivity contribution is -0.795. The van der Waals surface area contributed by atoms with Gasteiger partial charge in [0.25, 0.3) is 0 Å². The minimum absolute atomic E-state index is 0.807. The molecule has 2 unspecified atom stereocenters. The SMILES string of the molecule is CN1CC[N+]2=Cc3ccccc3OC12OC12Oc3ccccc3C=[N+]1CCN2C. The Morgan fingerprint density at radius 3 is 1.69 bits per heavy atom. The predicted molar refractivity (Wildman–Crippen MR) is 107 cm³/mol. The summed E-state index contributed by atoms with van der Waals surface area (Å²) in [5, 5.41) is 0. The summed E-state index contributed by atoms with van der Waals surface area (Å²) in [4.78, 5) is 4.20. The van der Waals surface area contributed by atoms with Gasteiger partial charge in [-0.15, -0.1) is 4.74 Å². The van der Waals surface area contributed by atoms with Gasteiger partial charge in [0.15, 0.2) is 25.5 Å². The number of ether oxygens (including phenoxy) is 3. The van der Waals surface area contributed by atoms with E-state index in [1.165, 1.54) is 0 Å². The average molecular weight is 392 g/mol. The number of rotatable bonds is 2. The lowest BCUT2D eigenvalue weighted by Crippen LogP contribution is -2.68. The van der Waals surface area contributed by atoms with Crippen LogP contribution < -0.4 is 9.47 Å². The van der Waals surface area contributed by atoms with Crippen molar-refractivity contribution in [2.45, 2.75) is 12.1 Å². The van der Waals surface area contributed by atoms with Gasteiger partial charge < -0.3 is 9.47 Å². The normalized spacial score (nSPS) is 30.3. The molecule has 0 bridgehead atoms. The molecule has 4 aliphatic rings. The predicted octanol–water partition coefficient (Wildman–Crippen LogP) is 1.16. The van der Waals surface area contributed by atoms with E-state index < -0.39 is 12.1 Å². The van der Waals surface area contributed by atoms with Gasteiger partial charge in [-0.05, 0) is 38.4 Å². The average Bonchev–Trinajstić information content (AvgIpc) is 3.21. The van der Waals surface area contributed by atoms with E-state index in [4.69, 9.17) is 14.2 Å². The molecule has 2 atom stereocenters. The Bertz CT molecular complexity index is 984. The van der Waals surface area contributed by atoms with Crippen LogP contribution in [0.25, 0.3) is 0 Å². The Kier molecular flexibility index (Phi) is 3.48. The van der Waals surface area contributed by atoms with Crippen LogP contribution in [-0.2, 0) is 4.74 Å². The summed E-state index contributed by atoms with van der Waals surface area (Å²) in [7, 11) is 4.05. The monoisotopic (exact) mass is 392 g/mol. The molecule has 4 heterocycles. The molecule has 0 spiro atoms. The lowest BCUT2D eigenvalue weighted by atomic mass is 10.2. The molecule has 2 aromatic rings. The maximum atomic E-state index is 6.89. The first-order valence-corrected chi connectivity index (χ1v) is 10.0. The number of benzene rings is 2. The van der Waals surface area contributed by atoms with Crippen molar-refractivity contribution < 1.29 is 23.4 Å². The van der Waals surface area contributed by atoms with Crippen molar-refractivity contribution in [3.05, 3.63) is 59.7 Å². The van der Waals surface area contributed by atoms with Crippen molar-refractivity contribution in [2.75, 3.05) is 40.3 Å². The minimum Gasteiger partial charge on any atom is -0.394 e. The molecule has 0 radical (unpaired) electrons. The Labute approximate surface area is 169 Å². The first-order valence-electron chi connectivity index (χ1n) is 10.0. The van der Waals surface area contributed by atoms with E-state index in [9.17, 15) is 0 Å². The highest BCUT2D eigenvalue weighted by molar-refractivity contribution is 5.81. The number of hydrogen-bond donors (Lipinski definition) is 0. The van der Waals surface area contributed by atoms with Gasteiger partial charge in [0.05, 0.1) is 24.2 Å². The largest absolute Gasteiger partial charge is 0.513 e. The van der Waals surface area contributed by atoms with Gasteiger partial charge in [0.2, 0.25) is 0 Å². The standard InChI is InChI=1S/C22H24N4O3/c1-23-11-13-25-15-17-7-3-5-9-19(17)27-21(23,25)29-22-24(2)12-14-26(22)16-18-8-4-6-10-20(18)28-22/h3-10,15-16H,11-14H2,1-2H3/q+2. The summed E-state index contributed by atoms with van der Waals surface area (Å²) in [6, 6.07) is 13.9. The molecule has 4 aliphatic heterocycles. The number of likely N-dealkylation sites (N-methyl/N-ethyl adjacent to an activating group) is 2. The molecule has 7 heteroatoms. The smallest absolute Gasteiger partial charge is 0.394 e. The van der Waals surface area contributed by atoms with E-state index in [2.05, 4.69) is 43.5 Å². The van der Waals surface area contributed by atoms with Crippen LogP contribution in [0.15, 0.2) is 48.5 Å². The summed E-state index contributed by atoms with van der Waals surface area (Å²) in [5.41, 5.74) is 2.11. The number of nitrogens with zero attached hydrogens (tertiary/aromatic N) is 4. The third-order valence-electron chi connectivity index (χ3n) is 6.22. The molecule has 2 saturated heterocycles. The number of para-hydroxylation sites is 2. The highest BCUT2D eigenvalue weighted by Crippen LogP contribution is 2.41. The van der Waals surface area contributed by atoms with Crippen LogP contribution in [0.3, 0.4) is 0 Å². The van der Waals surface area contributed by atoms with Crippen LogP contribution in [0.2, 0.25) is 0 Å². The van der Waals surface area contributed by atoms with E-state index in [0.717, 1.165) is 48.8 Å². The molecule has 0 aliphatic carbocycles. The third-order valence-corrected chi connectivity index (χ3v) is 6.22. The highest BCUT2D eigenvalue weighted by atomic mass is 16.8. The zero-order valence-electron chi connectivity index (χ0n) is 16.6. The third kappa shape index (κ3) is 2.29.